The Balaban J connectivity index is 1.93. The molecule has 0 amide bonds. The summed E-state index contributed by atoms with van der Waals surface area (Å²) in [5, 5.41) is 14.2. The number of likely N-dealkylation sites (N-methyl/N-ethyl adjacent to an activating group) is 1. The largest absolute Gasteiger partial charge is 0.381 e. The summed E-state index contributed by atoms with van der Waals surface area (Å²) in [5.74, 6) is -0.185. The van der Waals surface area contributed by atoms with Crippen LogP contribution >= 0.6 is 12.2 Å². The molecule has 1 aliphatic rings. The van der Waals surface area contributed by atoms with Crippen molar-refractivity contribution in [3.05, 3.63) is 58.5 Å². The fourth-order valence-electron chi connectivity index (χ4n) is 3.63. The van der Waals surface area contributed by atoms with E-state index in [0.717, 1.165) is 31.2 Å². The van der Waals surface area contributed by atoms with E-state index in [1.165, 1.54) is 12.5 Å². The van der Waals surface area contributed by atoms with Crippen molar-refractivity contribution in [2.45, 2.75) is 43.9 Å². The minimum Gasteiger partial charge on any atom is -0.381 e. The number of nitro groups is 1. The van der Waals surface area contributed by atoms with Gasteiger partial charge in [0.15, 0.2) is 0 Å². The van der Waals surface area contributed by atoms with Crippen molar-refractivity contribution in [1.82, 2.24) is 14.9 Å². The third-order valence-electron chi connectivity index (χ3n) is 4.94. The van der Waals surface area contributed by atoms with Gasteiger partial charge in [-0.2, -0.15) is 0 Å². The van der Waals surface area contributed by atoms with E-state index in [1.807, 2.05) is 30.3 Å². The second kappa shape index (κ2) is 7.92. The number of aromatic nitrogens is 2. The number of ether oxygens (including phenoxy) is 1. The van der Waals surface area contributed by atoms with Gasteiger partial charge >= 0.3 is 5.82 Å². The zero-order valence-corrected chi connectivity index (χ0v) is 15.4. The molecule has 0 radical (unpaired) electrons. The van der Waals surface area contributed by atoms with Gasteiger partial charge in [0, 0.05) is 7.05 Å². The van der Waals surface area contributed by atoms with Crippen LogP contribution in [0.3, 0.4) is 0 Å². The van der Waals surface area contributed by atoms with Crippen LogP contribution in [-0.2, 0) is 16.9 Å². The first-order valence-electron chi connectivity index (χ1n) is 8.64. The summed E-state index contributed by atoms with van der Waals surface area (Å²) in [6, 6.07) is 9.95. The summed E-state index contributed by atoms with van der Waals surface area (Å²) >= 11 is 5.64. The summed E-state index contributed by atoms with van der Waals surface area (Å²) in [7, 11) is 1.78. The van der Waals surface area contributed by atoms with Crippen molar-refractivity contribution in [3.8, 4) is 0 Å². The van der Waals surface area contributed by atoms with E-state index in [4.69, 9.17) is 17.0 Å². The minimum atomic E-state index is -0.668. The van der Waals surface area contributed by atoms with Crippen LogP contribution in [0.25, 0.3) is 0 Å². The maximum absolute atomic E-state index is 11.1. The fourth-order valence-corrected chi connectivity index (χ4v) is 3.97. The lowest BCUT2D eigenvalue weighted by atomic mass is 9.78. The Labute approximate surface area is 157 Å². The average molecular weight is 374 g/mol. The van der Waals surface area contributed by atoms with E-state index in [1.54, 1.807) is 11.6 Å². The van der Waals surface area contributed by atoms with Gasteiger partial charge in [0.25, 0.3) is 0 Å². The van der Waals surface area contributed by atoms with Gasteiger partial charge in [-0.3, -0.25) is 4.57 Å². The normalized spacial score (nSPS) is 22.7. The molecule has 0 spiro atoms. The number of imidazole rings is 1. The molecule has 1 fully saturated rings. The standard InChI is InChI=1S/C18H22N4O3S/c1-19-17(26)18(21-11-16(20-13-21)22(23)24)10-6-5-9-15(18)25-12-14-7-3-2-4-8-14/h2-4,7-8,11,13,15H,5-6,9-10,12H2,1H3,(H,19,26). The Hall–Kier alpha value is -2.32. The van der Waals surface area contributed by atoms with E-state index in [2.05, 4.69) is 10.3 Å². The number of thiocarbonyl (C=S) groups is 1. The Morgan fingerprint density at radius 1 is 1.46 bits per heavy atom. The monoisotopic (exact) mass is 374 g/mol. The summed E-state index contributed by atoms with van der Waals surface area (Å²) in [6.45, 7) is 0.469. The number of hydrogen-bond acceptors (Lipinski definition) is 5. The molecule has 2 aromatic rings. The van der Waals surface area contributed by atoms with Gasteiger partial charge < -0.3 is 20.2 Å². The van der Waals surface area contributed by atoms with E-state index >= 15 is 0 Å². The number of hydrogen-bond donors (Lipinski definition) is 1. The van der Waals surface area contributed by atoms with E-state index < -0.39 is 10.5 Å². The van der Waals surface area contributed by atoms with Crippen molar-refractivity contribution in [3.63, 3.8) is 0 Å². The second-order valence-electron chi connectivity index (χ2n) is 6.43. The Bertz CT molecular complexity index is 780. The zero-order chi connectivity index (χ0) is 18.6. The van der Waals surface area contributed by atoms with Crippen LogP contribution in [0.1, 0.15) is 31.2 Å². The van der Waals surface area contributed by atoms with Crippen molar-refractivity contribution in [1.29, 1.82) is 0 Å². The molecule has 0 saturated heterocycles. The molecular formula is C18H22N4O3S. The molecule has 0 bridgehead atoms. The molecule has 1 heterocycles. The molecule has 2 atom stereocenters. The maximum atomic E-state index is 11.1. The van der Waals surface area contributed by atoms with E-state index in [-0.39, 0.29) is 11.9 Å². The second-order valence-corrected chi connectivity index (χ2v) is 6.84. The molecule has 1 aromatic heterocycles. The van der Waals surface area contributed by atoms with Crippen LogP contribution in [0.2, 0.25) is 0 Å². The third-order valence-corrected chi connectivity index (χ3v) is 5.50. The van der Waals surface area contributed by atoms with Crippen LogP contribution < -0.4 is 5.32 Å². The van der Waals surface area contributed by atoms with Gasteiger partial charge in [-0.15, -0.1) is 0 Å². The van der Waals surface area contributed by atoms with Gasteiger partial charge in [0.1, 0.15) is 16.7 Å². The summed E-state index contributed by atoms with van der Waals surface area (Å²) in [4.78, 5) is 15.1. The molecule has 3 rings (SSSR count). The molecule has 1 aliphatic carbocycles. The first-order valence-corrected chi connectivity index (χ1v) is 9.05. The summed E-state index contributed by atoms with van der Waals surface area (Å²) in [5.41, 5.74) is 0.414. The van der Waals surface area contributed by atoms with E-state index in [9.17, 15) is 10.1 Å². The van der Waals surface area contributed by atoms with Crippen LogP contribution in [-0.4, -0.2) is 32.6 Å². The van der Waals surface area contributed by atoms with Crippen LogP contribution in [0, 0.1) is 10.1 Å². The molecule has 1 aromatic carbocycles. The van der Waals surface area contributed by atoms with Gasteiger partial charge in [0.05, 0.1) is 12.7 Å². The number of nitrogens with one attached hydrogen (secondary N) is 1. The molecule has 2 unspecified atom stereocenters. The van der Waals surface area contributed by atoms with Crippen molar-refractivity contribution in [2.24, 2.45) is 0 Å². The average Bonchev–Trinajstić information content (AvgIpc) is 3.17. The Morgan fingerprint density at radius 3 is 2.88 bits per heavy atom. The number of benzene rings is 1. The number of nitrogens with zero attached hydrogens (tertiary/aromatic N) is 3. The predicted molar refractivity (Wildman–Crippen MR) is 102 cm³/mol. The zero-order valence-electron chi connectivity index (χ0n) is 14.6. The quantitative estimate of drug-likeness (QED) is 0.475. The highest BCUT2D eigenvalue weighted by molar-refractivity contribution is 7.80. The molecule has 8 heteroatoms. The first-order chi connectivity index (χ1) is 12.6. The molecule has 7 nitrogen and oxygen atoms in total. The fraction of sp³-hybridized carbons (Fsp3) is 0.444. The summed E-state index contributed by atoms with van der Waals surface area (Å²) in [6.07, 6.45) is 6.34. The minimum absolute atomic E-state index is 0.185. The van der Waals surface area contributed by atoms with Crippen LogP contribution in [0.15, 0.2) is 42.9 Å². The van der Waals surface area contributed by atoms with Gasteiger partial charge in [-0.1, -0.05) is 55.4 Å². The molecule has 26 heavy (non-hydrogen) atoms. The van der Waals surface area contributed by atoms with Crippen LogP contribution in [0.5, 0.6) is 0 Å². The first kappa shape index (κ1) is 18.5. The van der Waals surface area contributed by atoms with Crippen LogP contribution in [0.4, 0.5) is 5.82 Å². The third kappa shape index (κ3) is 3.47. The van der Waals surface area contributed by atoms with Crippen molar-refractivity contribution < 1.29 is 9.66 Å². The smallest absolute Gasteiger partial charge is 0.381 e. The van der Waals surface area contributed by atoms with E-state index in [0.29, 0.717) is 11.6 Å². The van der Waals surface area contributed by atoms with Gasteiger partial charge in [-0.25, -0.2) is 0 Å². The lowest BCUT2D eigenvalue weighted by Gasteiger charge is -2.44. The summed E-state index contributed by atoms with van der Waals surface area (Å²) < 4.78 is 8.05. The van der Waals surface area contributed by atoms with Crippen molar-refractivity contribution in [2.75, 3.05) is 7.05 Å². The predicted octanol–water partition coefficient (Wildman–Crippen LogP) is 3.19. The highest BCUT2D eigenvalue weighted by Gasteiger charge is 2.47. The molecule has 0 aliphatic heterocycles. The maximum Gasteiger partial charge on any atom is 0.381 e. The Kier molecular flexibility index (Phi) is 5.63. The van der Waals surface area contributed by atoms with Gasteiger partial charge in [-0.05, 0) is 28.3 Å². The Morgan fingerprint density at radius 2 is 2.23 bits per heavy atom. The highest BCUT2D eigenvalue weighted by atomic mass is 32.1. The van der Waals surface area contributed by atoms with Crippen molar-refractivity contribution >= 4 is 23.0 Å². The molecule has 1 saturated carbocycles. The topological polar surface area (TPSA) is 82.2 Å². The molecular weight excluding hydrogens is 352 g/mol. The number of rotatable bonds is 6. The lowest BCUT2D eigenvalue weighted by molar-refractivity contribution is -0.389. The highest BCUT2D eigenvalue weighted by Crippen LogP contribution is 2.39. The molecule has 1 N–H and O–H groups in total. The molecule has 138 valence electrons. The van der Waals surface area contributed by atoms with Gasteiger partial charge in [0.2, 0.25) is 6.33 Å². The lowest BCUT2D eigenvalue weighted by Crippen LogP contribution is -2.56. The SMILES string of the molecule is CNC(=S)C1(n2cnc([N+](=O)[O-])c2)CCCCC1OCc1ccccc1.